The number of thioether (sulfide) groups is 1. The summed E-state index contributed by atoms with van der Waals surface area (Å²) in [4.78, 5) is 50.5. The first kappa shape index (κ1) is 21.6. The number of imide groups is 1. The normalized spacial score (nSPS) is 18.6. The van der Waals surface area contributed by atoms with Crippen LogP contribution in [0.15, 0.2) is 17.0 Å². The van der Waals surface area contributed by atoms with Crippen molar-refractivity contribution in [3.05, 3.63) is 32.7 Å². The van der Waals surface area contributed by atoms with Crippen LogP contribution in [0.5, 0.6) is 11.5 Å². The molecular formula is C19H21N3O7S. The Morgan fingerprint density at radius 2 is 1.93 bits per heavy atom. The molecule has 0 bridgehead atoms. The minimum absolute atomic E-state index is 0.0331. The fraction of sp³-hybridized carbons (Fsp3) is 0.421. The zero-order valence-electron chi connectivity index (χ0n) is 16.3. The highest BCUT2D eigenvalue weighted by Crippen LogP contribution is 2.39. The molecule has 2 fully saturated rings. The fourth-order valence-electron chi connectivity index (χ4n) is 3.33. The smallest absolute Gasteiger partial charge is 0.315 e. The Balaban J connectivity index is 1.80. The Labute approximate surface area is 176 Å². The molecule has 10 nitrogen and oxygen atoms in total. The summed E-state index contributed by atoms with van der Waals surface area (Å²) in [5.41, 5.74) is -0.378. The second-order valence-electron chi connectivity index (χ2n) is 6.91. The second kappa shape index (κ2) is 9.16. The Morgan fingerprint density at radius 3 is 2.53 bits per heavy atom. The summed E-state index contributed by atoms with van der Waals surface area (Å²) >= 11 is 0.656. The third-order valence-corrected chi connectivity index (χ3v) is 5.82. The molecule has 1 N–H and O–H groups in total. The lowest BCUT2D eigenvalue weighted by molar-refractivity contribution is -0.386. The third-order valence-electron chi connectivity index (χ3n) is 4.92. The maximum Gasteiger partial charge on any atom is 0.315 e. The molecule has 160 valence electrons. The monoisotopic (exact) mass is 435 g/mol. The van der Waals surface area contributed by atoms with Gasteiger partial charge in [0.25, 0.3) is 11.1 Å². The molecule has 0 atom stereocenters. The van der Waals surface area contributed by atoms with E-state index in [4.69, 9.17) is 4.74 Å². The van der Waals surface area contributed by atoms with Crippen molar-refractivity contribution in [2.75, 3.05) is 26.7 Å². The van der Waals surface area contributed by atoms with E-state index in [0.717, 1.165) is 36.6 Å². The van der Waals surface area contributed by atoms with E-state index >= 15 is 0 Å². The minimum Gasteiger partial charge on any atom is -0.500 e. The van der Waals surface area contributed by atoms with Crippen LogP contribution in [0.3, 0.4) is 0 Å². The quantitative estimate of drug-likeness (QED) is 0.424. The minimum atomic E-state index is -0.777. The largest absolute Gasteiger partial charge is 0.500 e. The summed E-state index contributed by atoms with van der Waals surface area (Å²) in [5.74, 6) is -1.67. The fourth-order valence-corrected chi connectivity index (χ4v) is 4.17. The van der Waals surface area contributed by atoms with Crippen LogP contribution in [0.25, 0.3) is 6.08 Å². The van der Waals surface area contributed by atoms with E-state index in [-0.39, 0.29) is 28.7 Å². The number of nitro groups is 1. The van der Waals surface area contributed by atoms with Gasteiger partial charge in [-0.2, -0.15) is 0 Å². The molecule has 2 aliphatic heterocycles. The van der Waals surface area contributed by atoms with E-state index in [9.17, 15) is 29.6 Å². The number of aromatic hydroxyl groups is 1. The Kier molecular flexibility index (Phi) is 6.60. The number of nitro benzene ring substituents is 1. The molecule has 0 unspecified atom stereocenters. The van der Waals surface area contributed by atoms with E-state index in [1.807, 2.05) is 0 Å². The maximum absolute atomic E-state index is 12.7. The highest BCUT2D eigenvalue weighted by atomic mass is 32.2. The molecular weight excluding hydrogens is 414 g/mol. The molecule has 1 aromatic rings. The molecule has 0 aliphatic carbocycles. The van der Waals surface area contributed by atoms with E-state index in [1.165, 1.54) is 19.3 Å². The summed E-state index contributed by atoms with van der Waals surface area (Å²) in [6.45, 7) is 0.894. The number of phenols is 1. The summed E-state index contributed by atoms with van der Waals surface area (Å²) in [7, 11) is 1.24. The number of amides is 3. The zero-order valence-corrected chi connectivity index (χ0v) is 17.1. The standard InChI is InChI=1S/C19H21N3O7S/c1-29-14-9-12(8-13(17(14)24)22(27)28)10-15-18(25)21(19(26)30-15)11-16(23)20-6-4-2-3-5-7-20/h8-10,24H,2-7,11H2,1H3. The van der Waals surface area contributed by atoms with Crippen LogP contribution in [0, 0.1) is 10.1 Å². The zero-order chi connectivity index (χ0) is 21.8. The number of hydrogen-bond donors (Lipinski definition) is 1. The number of rotatable bonds is 5. The van der Waals surface area contributed by atoms with Crippen molar-refractivity contribution >= 4 is 40.6 Å². The van der Waals surface area contributed by atoms with Crippen molar-refractivity contribution in [1.82, 2.24) is 9.80 Å². The maximum atomic E-state index is 12.7. The molecule has 0 radical (unpaired) electrons. The third kappa shape index (κ3) is 4.56. The van der Waals surface area contributed by atoms with Crippen LogP contribution in [-0.2, 0) is 9.59 Å². The molecule has 1 aromatic carbocycles. The van der Waals surface area contributed by atoms with Gasteiger partial charge in [0.15, 0.2) is 5.75 Å². The van der Waals surface area contributed by atoms with E-state index in [2.05, 4.69) is 0 Å². The van der Waals surface area contributed by atoms with Gasteiger partial charge in [-0.15, -0.1) is 0 Å². The molecule has 2 heterocycles. The summed E-state index contributed by atoms with van der Waals surface area (Å²) in [5, 5.41) is 20.4. The van der Waals surface area contributed by atoms with Crippen molar-refractivity contribution in [2.45, 2.75) is 25.7 Å². The Bertz CT molecular complexity index is 923. The predicted molar refractivity (Wildman–Crippen MR) is 109 cm³/mol. The predicted octanol–water partition coefficient (Wildman–Crippen LogP) is 2.75. The molecule has 11 heteroatoms. The Morgan fingerprint density at radius 1 is 1.27 bits per heavy atom. The highest BCUT2D eigenvalue weighted by Gasteiger charge is 2.37. The average Bonchev–Trinajstić information content (AvgIpc) is 2.91. The highest BCUT2D eigenvalue weighted by molar-refractivity contribution is 8.18. The average molecular weight is 435 g/mol. The number of hydrogen-bond acceptors (Lipinski definition) is 8. The van der Waals surface area contributed by atoms with E-state index in [1.54, 1.807) is 4.90 Å². The number of benzene rings is 1. The molecule has 2 aliphatic rings. The summed E-state index contributed by atoms with van der Waals surface area (Å²) < 4.78 is 4.94. The van der Waals surface area contributed by atoms with Gasteiger partial charge in [0, 0.05) is 19.2 Å². The van der Waals surface area contributed by atoms with Crippen molar-refractivity contribution in [2.24, 2.45) is 0 Å². The topological polar surface area (TPSA) is 130 Å². The first-order valence-corrected chi connectivity index (χ1v) is 10.2. The van der Waals surface area contributed by atoms with Crippen LogP contribution in [0.1, 0.15) is 31.2 Å². The van der Waals surface area contributed by atoms with Crippen LogP contribution in [0.4, 0.5) is 10.5 Å². The molecule has 30 heavy (non-hydrogen) atoms. The molecule has 0 aromatic heterocycles. The van der Waals surface area contributed by atoms with Gasteiger partial charge in [-0.05, 0) is 42.3 Å². The van der Waals surface area contributed by atoms with Crippen molar-refractivity contribution in [3.8, 4) is 11.5 Å². The number of methoxy groups -OCH3 is 1. The van der Waals surface area contributed by atoms with E-state index < -0.39 is 27.5 Å². The first-order valence-electron chi connectivity index (χ1n) is 9.40. The van der Waals surface area contributed by atoms with Gasteiger partial charge in [0.2, 0.25) is 11.7 Å². The molecule has 3 rings (SSSR count). The van der Waals surface area contributed by atoms with Crippen molar-refractivity contribution in [1.29, 1.82) is 0 Å². The lowest BCUT2D eigenvalue weighted by Gasteiger charge is -2.22. The number of carbonyl (C=O) groups excluding carboxylic acids is 3. The molecule has 0 spiro atoms. The Hall–Kier alpha value is -3.08. The van der Waals surface area contributed by atoms with Gasteiger partial charge < -0.3 is 14.7 Å². The number of nitrogens with zero attached hydrogens (tertiary/aromatic N) is 3. The van der Waals surface area contributed by atoms with Crippen LogP contribution in [0.2, 0.25) is 0 Å². The number of likely N-dealkylation sites (tertiary alicyclic amines) is 1. The second-order valence-corrected chi connectivity index (χ2v) is 7.90. The molecule has 3 amide bonds. The van der Waals surface area contributed by atoms with Gasteiger partial charge in [-0.25, -0.2) is 0 Å². The first-order chi connectivity index (χ1) is 14.3. The van der Waals surface area contributed by atoms with Gasteiger partial charge in [-0.3, -0.25) is 29.4 Å². The van der Waals surface area contributed by atoms with Crippen molar-refractivity contribution < 1.29 is 29.2 Å². The van der Waals surface area contributed by atoms with Gasteiger partial charge in [0.1, 0.15) is 6.54 Å². The lowest BCUT2D eigenvalue weighted by Crippen LogP contribution is -2.42. The number of phenolic OH excluding ortho intramolecular Hbond substituents is 1. The van der Waals surface area contributed by atoms with Crippen LogP contribution >= 0.6 is 11.8 Å². The number of carbonyl (C=O) groups is 3. The van der Waals surface area contributed by atoms with Crippen LogP contribution < -0.4 is 4.74 Å². The lowest BCUT2D eigenvalue weighted by atomic mass is 10.1. The van der Waals surface area contributed by atoms with E-state index in [0.29, 0.717) is 24.9 Å². The van der Waals surface area contributed by atoms with Gasteiger partial charge in [0.05, 0.1) is 16.9 Å². The molecule has 0 saturated carbocycles. The van der Waals surface area contributed by atoms with Gasteiger partial charge >= 0.3 is 5.69 Å². The summed E-state index contributed by atoms with van der Waals surface area (Å²) in [6.07, 6.45) is 5.20. The number of ether oxygens (including phenoxy) is 1. The SMILES string of the molecule is COc1cc(C=C2SC(=O)N(CC(=O)N3CCCCCC3)C2=O)cc([N+](=O)[O-])c1O. The summed E-state index contributed by atoms with van der Waals surface area (Å²) in [6, 6.07) is 2.40. The molecule has 2 saturated heterocycles. The van der Waals surface area contributed by atoms with Crippen molar-refractivity contribution in [3.63, 3.8) is 0 Å². The van der Waals surface area contributed by atoms with Gasteiger partial charge in [-0.1, -0.05) is 12.8 Å². The van der Waals surface area contributed by atoms with Crippen LogP contribution in [-0.4, -0.2) is 63.6 Å².